The van der Waals surface area contributed by atoms with E-state index in [0.29, 0.717) is 18.3 Å². The van der Waals surface area contributed by atoms with E-state index in [1.807, 2.05) is 30.3 Å². The maximum absolute atomic E-state index is 5.81. The van der Waals surface area contributed by atoms with Gasteiger partial charge in [0, 0.05) is 17.4 Å². The number of ether oxygens (including phenoxy) is 2. The molecule has 1 aromatic heterocycles. The minimum atomic E-state index is 0.504. The SMILES string of the molecule is COc1ccc[c]c1OCCCCN1CCC(c2noc3ccccc23)CC1. The quantitative estimate of drug-likeness (QED) is 0.532. The number of fused-ring (bicyclic) bond motifs is 1. The molecule has 2 aromatic carbocycles. The lowest BCUT2D eigenvalue weighted by Gasteiger charge is -2.31. The summed E-state index contributed by atoms with van der Waals surface area (Å²) < 4.78 is 16.6. The van der Waals surface area contributed by atoms with Gasteiger partial charge in [0.15, 0.2) is 17.1 Å². The molecule has 1 aliphatic heterocycles. The summed E-state index contributed by atoms with van der Waals surface area (Å²) in [5.74, 6) is 1.94. The highest BCUT2D eigenvalue weighted by Crippen LogP contribution is 2.32. The predicted molar refractivity (Wildman–Crippen MR) is 109 cm³/mol. The van der Waals surface area contributed by atoms with Crippen molar-refractivity contribution in [1.82, 2.24) is 10.1 Å². The number of hydrogen-bond donors (Lipinski definition) is 0. The van der Waals surface area contributed by atoms with Crippen molar-refractivity contribution in [2.45, 2.75) is 31.6 Å². The Hall–Kier alpha value is -2.53. The van der Waals surface area contributed by atoms with Crippen LogP contribution in [-0.4, -0.2) is 43.4 Å². The smallest absolute Gasteiger partial charge is 0.169 e. The van der Waals surface area contributed by atoms with Crippen LogP contribution >= 0.6 is 0 Å². The van der Waals surface area contributed by atoms with Crippen LogP contribution in [0.3, 0.4) is 0 Å². The molecule has 3 aromatic rings. The second-order valence-corrected chi connectivity index (χ2v) is 7.30. The molecule has 0 aliphatic carbocycles. The van der Waals surface area contributed by atoms with Gasteiger partial charge in [-0.25, -0.2) is 0 Å². The van der Waals surface area contributed by atoms with Crippen LogP contribution in [0.4, 0.5) is 0 Å². The third-order valence-corrected chi connectivity index (χ3v) is 5.50. The van der Waals surface area contributed by atoms with Gasteiger partial charge in [0.25, 0.3) is 0 Å². The van der Waals surface area contributed by atoms with Crippen molar-refractivity contribution in [3.05, 3.63) is 54.2 Å². The van der Waals surface area contributed by atoms with E-state index in [1.165, 1.54) is 5.39 Å². The van der Waals surface area contributed by atoms with Gasteiger partial charge < -0.3 is 18.9 Å². The molecule has 147 valence electrons. The third-order valence-electron chi connectivity index (χ3n) is 5.50. The van der Waals surface area contributed by atoms with E-state index in [1.54, 1.807) is 7.11 Å². The summed E-state index contributed by atoms with van der Waals surface area (Å²) in [5.41, 5.74) is 2.03. The molecule has 0 atom stereocenters. The molecular weight excluding hydrogens is 352 g/mol. The van der Waals surface area contributed by atoms with Crippen LogP contribution in [0.5, 0.6) is 11.5 Å². The number of benzene rings is 2. The number of methoxy groups -OCH3 is 1. The predicted octanol–water partition coefficient (Wildman–Crippen LogP) is 4.68. The number of para-hydroxylation sites is 2. The molecule has 1 saturated heterocycles. The average molecular weight is 379 g/mol. The fourth-order valence-electron chi connectivity index (χ4n) is 3.92. The summed E-state index contributed by atoms with van der Waals surface area (Å²) in [5, 5.41) is 5.52. The minimum absolute atomic E-state index is 0.504. The van der Waals surface area contributed by atoms with Crippen molar-refractivity contribution in [2.24, 2.45) is 0 Å². The summed E-state index contributed by atoms with van der Waals surface area (Å²) in [6, 6.07) is 16.9. The maximum atomic E-state index is 5.81. The van der Waals surface area contributed by atoms with Gasteiger partial charge in [-0.2, -0.15) is 0 Å². The number of likely N-dealkylation sites (tertiary alicyclic amines) is 1. The Labute approximate surface area is 166 Å². The van der Waals surface area contributed by atoms with Gasteiger partial charge in [-0.15, -0.1) is 0 Å². The number of piperidine rings is 1. The van der Waals surface area contributed by atoms with Crippen molar-refractivity contribution >= 4 is 11.0 Å². The van der Waals surface area contributed by atoms with Crippen molar-refractivity contribution in [1.29, 1.82) is 0 Å². The lowest BCUT2D eigenvalue weighted by atomic mass is 9.91. The Kier molecular flexibility index (Phi) is 6.12. The second kappa shape index (κ2) is 9.11. The first kappa shape index (κ1) is 18.8. The molecule has 0 spiro atoms. The summed E-state index contributed by atoms with van der Waals surface area (Å²) in [7, 11) is 1.65. The zero-order valence-corrected chi connectivity index (χ0v) is 16.4. The Balaban J connectivity index is 1.18. The third kappa shape index (κ3) is 4.30. The zero-order valence-electron chi connectivity index (χ0n) is 16.4. The van der Waals surface area contributed by atoms with Crippen LogP contribution in [0.15, 0.2) is 47.0 Å². The molecule has 0 bridgehead atoms. The van der Waals surface area contributed by atoms with Crippen LogP contribution < -0.4 is 9.47 Å². The molecule has 5 heteroatoms. The van der Waals surface area contributed by atoms with E-state index < -0.39 is 0 Å². The summed E-state index contributed by atoms with van der Waals surface area (Å²) >= 11 is 0. The van der Waals surface area contributed by atoms with E-state index in [4.69, 9.17) is 14.0 Å². The molecule has 2 heterocycles. The molecule has 0 unspecified atom stereocenters. The number of hydrogen-bond acceptors (Lipinski definition) is 5. The highest BCUT2D eigenvalue weighted by Gasteiger charge is 2.24. The van der Waals surface area contributed by atoms with Crippen LogP contribution in [0.25, 0.3) is 11.0 Å². The zero-order chi connectivity index (χ0) is 19.2. The standard InChI is InChI=1S/C23H27N2O3/c1-26-21-10-4-5-11-22(21)27-17-7-6-14-25-15-12-18(13-16-25)23-19-8-2-3-9-20(19)28-24-23/h2-5,8-10,18H,6-7,12-17H2,1H3. The second-order valence-electron chi connectivity index (χ2n) is 7.30. The van der Waals surface area contributed by atoms with Crippen molar-refractivity contribution < 1.29 is 14.0 Å². The molecule has 5 nitrogen and oxygen atoms in total. The molecule has 1 aliphatic rings. The van der Waals surface area contributed by atoms with E-state index in [0.717, 1.165) is 62.3 Å². The van der Waals surface area contributed by atoms with Gasteiger partial charge in [-0.1, -0.05) is 29.4 Å². The molecule has 4 rings (SSSR count). The number of nitrogens with zero attached hydrogens (tertiary/aromatic N) is 2. The molecular formula is C23H27N2O3. The van der Waals surface area contributed by atoms with Crippen molar-refractivity contribution in [3.63, 3.8) is 0 Å². The lowest BCUT2D eigenvalue weighted by molar-refractivity contribution is 0.199. The fraction of sp³-hybridized carbons (Fsp3) is 0.435. The van der Waals surface area contributed by atoms with E-state index >= 15 is 0 Å². The van der Waals surface area contributed by atoms with E-state index in [-0.39, 0.29) is 0 Å². The Morgan fingerprint density at radius 2 is 2.00 bits per heavy atom. The fourth-order valence-corrected chi connectivity index (χ4v) is 3.92. The molecule has 1 radical (unpaired) electrons. The van der Waals surface area contributed by atoms with Gasteiger partial charge in [-0.05, 0) is 63.5 Å². The van der Waals surface area contributed by atoms with Crippen LogP contribution in [0.2, 0.25) is 0 Å². The molecule has 28 heavy (non-hydrogen) atoms. The summed E-state index contributed by atoms with van der Waals surface area (Å²) in [6.45, 7) is 4.05. The average Bonchev–Trinajstić information content (AvgIpc) is 3.18. The van der Waals surface area contributed by atoms with Gasteiger partial charge in [0.1, 0.15) is 0 Å². The van der Waals surface area contributed by atoms with Crippen molar-refractivity contribution in [2.75, 3.05) is 33.4 Å². The van der Waals surface area contributed by atoms with Gasteiger partial charge in [0.05, 0.1) is 19.4 Å². The number of rotatable bonds is 8. The first-order chi connectivity index (χ1) is 13.8. The molecule has 0 amide bonds. The highest BCUT2D eigenvalue weighted by atomic mass is 16.5. The minimum Gasteiger partial charge on any atom is -0.493 e. The highest BCUT2D eigenvalue weighted by molar-refractivity contribution is 5.79. The molecule has 0 saturated carbocycles. The maximum Gasteiger partial charge on any atom is 0.169 e. The van der Waals surface area contributed by atoms with Gasteiger partial charge >= 0.3 is 0 Å². The Morgan fingerprint density at radius 3 is 2.86 bits per heavy atom. The van der Waals surface area contributed by atoms with E-state index in [9.17, 15) is 0 Å². The first-order valence-corrected chi connectivity index (χ1v) is 10.1. The summed E-state index contributed by atoms with van der Waals surface area (Å²) in [6.07, 6.45) is 4.44. The largest absolute Gasteiger partial charge is 0.493 e. The Morgan fingerprint density at radius 1 is 1.14 bits per heavy atom. The normalized spacial score (nSPS) is 15.8. The lowest BCUT2D eigenvalue weighted by Crippen LogP contribution is -2.34. The van der Waals surface area contributed by atoms with Crippen LogP contribution in [0, 0.1) is 6.07 Å². The Bertz CT molecular complexity index is 884. The van der Waals surface area contributed by atoms with Gasteiger partial charge in [0.2, 0.25) is 0 Å². The van der Waals surface area contributed by atoms with Gasteiger partial charge in [-0.3, -0.25) is 0 Å². The number of aromatic nitrogens is 1. The molecule has 1 fully saturated rings. The van der Waals surface area contributed by atoms with E-state index in [2.05, 4.69) is 28.3 Å². The van der Waals surface area contributed by atoms with Crippen LogP contribution in [0.1, 0.15) is 37.3 Å². The van der Waals surface area contributed by atoms with Crippen molar-refractivity contribution in [3.8, 4) is 11.5 Å². The topological polar surface area (TPSA) is 47.7 Å². The number of unbranched alkanes of at least 4 members (excludes halogenated alkanes) is 1. The van der Waals surface area contributed by atoms with Crippen LogP contribution in [-0.2, 0) is 0 Å². The molecule has 0 N–H and O–H groups in total. The first-order valence-electron chi connectivity index (χ1n) is 10.1. The summed E-state index contributed by atoms with van der Waals surface area (Å²) in [4.78, 5) is 2.55. The monoisotopic (exact) mass is 379 g/mol.